The van der Waals surface area contributed by atoms with E-state index in [2.05, 4.69) is 5.32 Å². The Bertz CT molecular complexity index is 1290. The molecule has 1 atom stereocenters. The van der Waals surface area contributed by atoms with Crippen molar-refractivity contribution < 1.29 is 19.1 Å². The van der Waals surface area contributed by atoms with Gasteiger partial charge in [-0.25, -0.2) is 0 Å². The predicted molar refractivity (Wildman–Crippen MR) is 153 cm³/mol. The summed E-state index contributed by atoms with van der Waals surface area (Å²) in [5.41, 5.74) is 2.74. The number of hydrogen-bond acceptors (Lipinski definition) is 5. The lowest BCUT2D eigenvalue weighted by Crippen LogP contribution is -2.39. The van der Waals surface area contributed by atoms with E-state index in [-0.39, 0.29) is 18.2 Å². The van der Waals surface area contributed by atoms with Crippen LogP contribution in [0.2, 0.25) is 5.02 Å². The summed E-state index contributed by atoms with van der Waals surface area (Å²) in [6.07, 6.45) is 1.25. The second-order valence-corrected chi connectivity index (χ2v) is 9.72. The Kier molecular flexibility index (Phi) is 9.20. The molecule has 3 aromatic carbocycles. The molecule has 2 amide bonds. The molecule has 0 aromatic heterocycles. The maximum absolute atomic E-state index is 13.5. The number of carbonyl (C=O) groups excluding carboxylic acids is 2. The van der Waals surface area contributed by atoms with Gasteiger partial charge >= 0.3 is 0 Å². The first kappa shape index (κ1) is 27.4. The van der Waals surface area contributed by atoms with E-state index in [1.165, 1.54) is 0 Å². The number of methoxy groups -OCH3 is 2. The number of benzene rings is 3. The van der Waals surface area contributed by atoms with Crippen LogP contribution >= 0.6 is 23.8 Å². The molecule has 7 nitrogen and oxygen atoms in total. The number of nitrogens with one attached hydrogen (secondary N) is 1. The topological polar surface area (TPSA) is 71.1 Å². The van der Waals surface area contributed by atoms with E-state index in [0.29, 0.717) is 53.3 Å². The average molecular weight is 552 g/mol. The summed E-state index contributed by atoms with van der Waals surface area (Å²) in [6.45, 7) is 0.921. The second-order valence-electron chi connectivity index (χ2n) is 8.92. The lowest BCUT2D eigenvalue weighted by Gasteiger charge is -2.24. The highest BCUT2D eigenvalue weighted by molar-refractivity contribution is 7.80. The first-order valence-electron chi connectivity index (χ1n) is 12.3. The van der Waals surface area contributed by atoms with Gasteiger partial charge in [0.1, 0.15) is 6.04 Å². The molecular formula is C29H30ClN3O4S. The van der Waals surface area contributed by atoms with Crippen LogP contribution < -0.4 is 14.8 Å². The molecule has 1 fully saturated rings. The minimum absolute atomic E-state index is 0.0185. The van der Waals surface area contributed by atoms with Gasteiger partial charge in [-0.2, -0.15) is 0 Å². The average Bonchev–Trinajstić information content (AvgIpc) is 3.15. The molecule has 198 valence electrons. The molecule has 38 heavy (non-hydrogen) atoms. The molecule has 1 N–H and O–H groups in total. The molecule has 0 aliphatic carbocycles. The first-order chi connectivity index (χ1) is 18.4. The van der Waals surface area contributed by atoms with Crippen molar-refractivity contribution in [1.82, 2.24) is 9.80 Å². The fourth-order valence-electron chi connectivity index (χ4n) is 4.44. The number of amides is 2. The van der Waals surface area contributed by atoms with Crippen molar-refractivity contribution in [3.63, 3.8) is 0 Å². The van der Waals surface area contributed by atoms with E-state index in [1.54, 1.807) is 43.4 Å². The zero-order chi connectivity index (χ0) is 27.1. The Balaban J connectivity index is 1.50. The molecule has 1 aliphatic rings. The number of rotatable bonds is 11. The Morgan fingerprint density at radius 3 is 2.29 bits per heavy atom. The number of thiocarbonyl (C=S) groups is 1. The fourth-order valence-corrected chi connectivity index (χ4v) is 4.97. The molecule has 1 aliphatic heterocycles. The van der Waals surface area contributed by atoms with Gasteiger partial charge < -0.3 is 19.7 Å². The van der Waals surface area contributed by atoms with E-state index in [0.717, 1.165) is 11.1 Å². The van der Waals surface area contributed by atoms with E-state index in [1.807, 2.05) is 53.4 Å². The van der Waals surface area contributed by atoms with E-state index < -0.39 is 6.04 Å². The van der Waals surface area contributed by atoms with Crippen molar-refractivity contribution >= 4 is 46.4 Å². The third-order valence-corrected chi connectivity index (χ3v) is 7.17. The Morgan fingerprint density at radius 2 is 1.61 bits per heavy atom. The van der Waals surface area contributed by atoms with E-state index in [9.17, 15) is 9.59 Å². The van der Waals surface area contributed by atoms with Gasteiger partial charge in [-0.3, -0.25) is 14.5 Å². The molecule has 1 heterocycles. The number of anilines is 1. The minimum atomic E-state index is -0.689. The molecule has 9 heteroatoms. The van der Waals surface area contributed by atoms with Gasteiger partial charge in [0.15, 0.2) is 16.6 Å². The number of nitrogens with zero attached hydrogens (tertiary/aromatic N) is 2. The van der Waals surface area contributed by atoms with Crippen LogP contribution in [0.25, 0.3) is 0 Å². The normalized spacial score (nSPS) is 15.1. The van der Waals surface area contributed by atoms with Gasteiger partial charge in [-0.05, 0) is 72.6 Å². The van der Waals surface area contributed by atoms with Crippen molar-refractivity contribution in [2.24, 2.45) is 0 Å². The summed E-state index contributed by atoms with van der Waals surface area (Å²) in [7, 11) is 3.19. The fraction of sp³-hybridized carbons (Fsp3) is 0.276. The van der Waals surface area contributed by atoms with Crippen LogP contribution in [0.1, 0.15) is 17.5 Å². The molecule has 0 bridgehead atoms. The third kappa shape index (κ3) is 6.62. The van der Waals surface area contributed by atoms with Gasteiger partial charge in [0, 0.05) is 23.8 Å². The highest BCUT2D eigenvalue weighted by Crippen LogP contribution is 2.29. The Labute approximate surface area is 233 Å². The van der Waals surface area contributed by atoms with E-state index in [4.69, 9.17) is 33.3 Å². The van der Waals surface area contributed by atoms with Crippen LogP contribution in [0.3, 0.4) is 0 Å². The highest BCUT2D eigenvalue weighted by atomic mass is 35.5. The quantitative estimate of drug-likeness (QED) is 0.339. The van der Waals surface area contributed by atoms with Gasteiger partial charge in [-0.15, -0.1) is 0 Å². The lowest BCUT2D eigenvalue weighted by molar-refractivity contribution is -0.130. The standard InChI is InChI=1S/C29H30ClN3O4S/c1-36-25-13-8-21(18-26(25)37-2)15-16-32-24(19-27(34)31-23-11-9-22(30)10-12-23)28(35)33(29(32)38)17-14-20-6-4-3-5-7-20/h3-13,18,24H,14-17,19H2,1-2H3,(H,31,34). The number of halogens is 1. The lowest BCUT2D eigenvalue weighted by atomic mass is 10.1. The number of ether oxygens (including phenoxy) is 2. The summed E-state index contributed by atoms with van der Waals surface area (Å²) in [5.74, 6) is 0.847. The number of carbonyl (C=O) groups is 2. The van der Waals surface area contributed by atoms with Crippen LogP contribution in [-0.4, -0.2) is 60.1 Å². The molecule has 1 unspecified atom stereocenters. The van der Waals surface area contributed by atoms with Gasteiger partial charge in [0.05, 0.1) is 20.6 Å². The zero-order valence-electron chi connectivity index (χ0n) is 21.4. The van der Waals surface area contributed by atoms with Gasteiger partial charge in [0.25, 0.3) is 5.91 Å². The van der Waals surface area contributed by atoms with E-state index >= 15 is 0 Å². The van der Waals surface area contributed by atoms with Crippen molar-refractivity contribution in [2.75, 3.05) is 32.6 Å². The molecule has 4 rings (SSSR count). The maximum atomic E-state index is 13.5. The van der Waals surface area contributed by atoms with Crippen molar-refractivity contribution in [2.45, 2.75) is 25.3 Å². The third-order valence-electron chi connectivity index (χ3n) is 6.47. The van der Waals surface area contributed by atoms with Crippen LogP contribution in [0.4, 0.5) is 5.69 Å². The first-order valence-corrected chi connectivity index (χ1v) is 13.1. The summed E-state index contributed by atoms with van der Waals surface area (Å²) in [6, 6.07) is 21.8. The summed E-state index contributed by atoms with van der Waals surface area (Å²) in [4.78, 5) is 30.0. The van der Waals surface area contributed by atoms with Crippen LogP contribution in [0.5, 0.6) is 11.5 Å². The molecule has 0 spiro atoms. The summed E-state index contributed by atoms with van der Waals surface area (Å²) < 4.78 is 10.8. The monoisotopic (exact) mass is 551 g/mol. The Morgan fingerprint density at radius 1 is 0.921 bits per heavy atom. The van der Waals surface area contributed by atoms with Crippen LogP contribution in [-0.2, 0) is 22.4 Å². The van der Waals surface area contributed by atoms with Gasteiger partial charge in [-0.1, -0.05) is 48.0 Å². The van der Waals surface area contributed by atoms with Crippen LogP contribution in [0, 0.1) is 0 Å². The molecule has 0 saturated carbocycles. The number of hydrogen-bond donors (Lipinski definition) is 1. The second kappa shape index (κ2) is 12.8. The smallest absolute Gasteiger partial charge is 0.252 e. The molecule has 3 aromatic rings. The highest BCUT2D eigenvalue weighted by Gasteiger charge is 2.42. The van der Waals surface area contributed by atoms with Gasteiger partial charge in [0.2, 0.25) is 5.91 Å². The zero-order valence-corrected chi connectivity index (χ0v) is 22.9. The van der Waals surface area contributed by atoms with Crippen molar-refractivity contribution in [3.8, 4) is 11.5 Å². The van der Waals surface area contributed by atoms with Crippen molar-refractivity contribution in [3.05, 3.63) is 88.9 Å². The minimum Gasteiger partial charge on any atom is -0.493 e. The molecule has 0 radical (unpaired) electrons. The molecular weight excluding hydrogens is 522 g/mol. The Hall–Kier alpha value is -3.62. The summed E-state index contributed by atoms with van der Waals surface area (Å²) in [5, 5.41) is 3.88. The SMILES string of the molecule is COc1ccc(CCN2C(=S)N(CCc3ccccc3)C(=O)C2CC(=O)Nc2ccc(Cl)cc2)cc1OC. The largest absolute Gasteiger partial charge is 0.493 e. The summed E-state index contributed by atoms with van der Waals surface area (Å²) >= 11 is 11.7. The van der Waals surface area contributed by atoms with Crippen LogP contribution in [0.15, 0.2) is 72.8 Å². The predicted octanol–water partition coefficient (Wildman–Crippen LogP) is 4.97. The maximum Gasteiger partial charge on any atom is 0.252 e. The molecule has 1 saturated heterocycles. The van der Waals surface area contributed by atoms with Crippen molar-refractivity contribution in [1.29, 1.82) is 0 Å².